The van der Waals surface area contributed by atoms with E-state index in [1.165, 1.54) is 86.8 Å². The van der Waals surface area contributed by atoms with Gasteiger partial charge in [-0.2, -0.15) is 0 Å². The van der Waals surface area contributed by atoms with Gasteiger partial charge in [0.2, 0.25) is 0 Å². The second-order valence-electron chi connectivity index (χ2n) is 14.7. The maximum atomic E-state index is 6.71. The minimum atomic E-state index is -0.451. The summed E-state index contributed by atoms with van der Waals surface area (Å²) in [6.45, 7) is 0. The third kappa shape index (κ3) is 4.35. The molecule has 0 atom stereocenters. The lowest BCUT2D eigenvalue weighted by molar-refractivity contribution is 0.487. The van der Waals surface area contributed by atoms with E-state index in [2.05, 4.69) is 194 Å². The monoisotopic (exact) mass is 716 g/mol. The highest BCUT2D eigenvalue weighted by Crippen LogP contribution is 2.57. The van der Waals surface area contributed by atoms with Gasteiger partial charge in [-0.3, -0.25) is 0 Å². The second kappa shape index (κ2) is 11.6. The van der Waals surface area contributed by atoms with Crippen LogP contribution < -0.4 is 4.74 Å². The van der Waals surface area contributed by atoms with Crippen molar-refractivity contribution < 1.29 is 4.74 Å². The van der Waals surface area contributed by atoms with E-state index in [1.807, 2.05) is 11.3 Å². The standard InChI is InChI=1S/C53H32OS/c1-3-12-36(13-4-1)53(37-14-5-2-6-15-37)46-20-9-7-16-39(46)40-25-22-35(32-47(40)53)38-26-28-49-52-42(38)18-11-19-43(52)44-30-33(23-27-48(44)54-49)34-24-29-51-45(31-34)41-17-8-10-21-50(41)55-51/h1-32H. The molecule has 0 fully saturated rings. The molecule has 2 heteroatoms. The maximum absolute atomic E-state index is 6.71. The van der Waals surface area contributed by atoms with Crippen molar-refractivity contribution >= 4 is 42.3 Å². The van der Waals surface area contributed by atoms with Gasteiger partial charge in [-0.15, -0.1) is 11.3 Å². The number of ether oxygens (including phenoxy) is 1. The van der Waals surface area contributed by atoms with E-state index >= 15 is 0 Å². The van der Waals surface area contributed by atoms with Crippen LogP contribution in [0.15, 0.2) is 194 Å². The average molecular weight is 717 g/mol. The topological polar surface area (TPSA) is 9.23 Å². The van der Waals surface area contributed by atoms with Crippen LogP contribution in [-0.2, 0) is 5.41 Å². The van der Waals surface area contributed by atoms with Gasteiger partial charge in [-0.25, -0.2) is 0 Å². The molecule has 1 aliphatic carbocycles. The zero-order valence-electron chi connectivity index (χ0n) is 29.8. The Labute approximate surface area is 323 Å². The molecular weight excluding hydrogens is 685 g/mol. The SMILES string of the molecule is c1ccc(C2(c3ccccc3)c3ccccc3-c3ccc(-c4ccc5c6c(cccc46)-c4cc(-c6ccc7sc8ccccc8c7c6)ccc4O5)cc32)cc1. The molecule has 0 bridgehead atoms. The minimum Gasteiger partial charge on any atom is -0.456 e. The van der Waals surface area contributed by atoms with Crippen LogP contribution in [0, 0.1) is 0 Å². The molecule has 1 aliphatic heterocycles. The summed E-state index contributed by atoms with van der Waals surface area (Å²) >= 11 is 1.86. The Morgan fingerprint density at radius 3 is 1.82 bits per heavy atom. The van der Waals surface area contributed by atoms with Gasteiger partial charge < -0.3 is 4.74 Å². The largest absolute Gasteiger partial charge is 0.456 e. The lowest BCUT2D eigenvalue weighted by atomic mass is 9.67. The van der Waals surface area contributed by atoms with Gasteiger partial charge in [0.15, 0.2) is 0 Å². The van der Waals surface area contributed by atoms with E-state index in [0.717, 1.165) is 22.4 Å². The minimum absolute atomic E-state index is 0.451. The predicted molar refractivity (Wildman–Crippen MR) is 231 cm³/mol. The van der Waals surface area contributed by atoms with Gasteiger partial charge in [0.25, 0.3) is 0 Å². The number of fused-ring (bicyclic) bond motifs is 8. The van der Waals surface area contributed by atoms with Crippen molar-refractivity contribution in [3.63, 3.8) is 0 Å². The van der Waals surface area contributed by atoms with E-state index in [-0.39, 0.29) is 0 Å². The number of thiophene rings is 1. The van der Waals surface area contributed by atoms with Crippen LogP contribution in [0.1, 0.15) is 22.3 Å². The smallest absolute Gasteiger partial charge is 0.135 e. The Bertz CT molecular complexity index is 3130. The molecule has 0 saturated carbocycles. The Hall–Kier alpha value is -6.74. The van der Waals surface area contributed by atoms with Gasteiger partial charge in [-0.05, 0) is 109 Å². The molecule has 0 saturated heterocycles. The average Bonchev–Trinajstić information content (AvgIpc) is 3.77. The molecular formula is C53H32OS. The van der Waals surface area contributed by atoms with Crippen molar-refractivity contribution in [3.8, 4) is 56.0 Å². The van der Waals surface area contributed by atoms with Crippen molar-refractivity contribution in [2.45, 2.75) is 5.41 Å². The Kier molecular flexibility index (Phi) is 6.49. The normalized spacial score (nSPS) is 13.4. The zero-order chi connectivity index (χ0) is 36.1. The van der Waals surface area contributed by atoms with E-state index < -0.39 is 5.41 Å². The molecule has 1 aromatic heterocycles. The lowest BCUT2D eigenvalue weighted by Gasteiger charge is -2.34. The van der Waals surface area contributed by atoms with Crippen molar-refractivity contribution in [2.75, 3.05) is 0 Å². The molecule has 0 amide bonds. The Morgan fingerprint density at radius 2 is 0.964 bits per heavy atom. The first-order chi connectivity index (χ1) is 27.3. The van der Waals surface area contributed by atoms with Crippen LogP contribution >= 0.6 is 11.3 Å². The lowest BCUT2D eigenvalue weighted by Crippen LogP contribution is -2.28. The molecule has 55 heavy (non-hydrogen) atoms. The second-order valence-corrected chi connectivity index (χ2v) is 15.8. The molecule has 0 spiro atoms. The van der Waals surface area contributed by atoms with Crippen LogP contribution in [0.5, 0.6) is 11.5 Å². The van der Waals surface area contributed by atoms with Crippen molar-refractivity contribution in [3.05, 3.63) is 216 Å². The maximum Gasteiger partial charge on any atom is 0.135 e. The number of hydrogen-bond acceptors (Lipinski definition) is 2. The molecule has 0 unspecified atom stereocenters. The summed E-state index contributed by atoms with van der Waals surface area (Å²) in [5.41, 5.74) is 14.4. The predicted octanol–water partition coefficient (Wildman–Crippen LogP) is 14.7. The fourth-order valence-electron chi connectivity index (χ4n) is 9.58. The van der Waals surface area contributed by atoms with Crippen LogP contribution in [-0.4, -0.2) is 0 Å². The first-order valence-electron chi connectivity index (χ1n) is 18.9. The zero-order valence-corrected chi connectivity index (χ0v) is 30.6. The van der Waals surface area contributed by atoms with E-state index in [9.17, 15) is 0 Å². The summed E-state index contributed by atoms with van der Waals surface area (Å²) in [5, 5.41) is 4.98. The first-order valence-corrected chi connectivity index (χ1v) is 19.7. The summed E-state index contributed by atoms with van der Waals surface area (Å²) in [6, 6.07) is 71.5. The van der Waals surface area contributed by atoms with Crippen LogP contribution in [0.25, 0.3) is 75.5 Å². The third-order valence-electron chi connectivity index (χ3n) is 12.0. The highest BCUT2D eigenvalue weighted by atomic mass is 32.1. The fraction of sp³-hybridized carbons (Fsp3) is 0.0189. The summed E-state index contributed by atoms with van der Waals surface area (Å²) in [5.74, 6) is 1.79. The molecule has 256 valence electrons. The first kappa shape index (κ1) is 30.7. The highest BCUT2D eigenvalue weighted by Gasteiger charge is 2.46. The van der Waals surface area contributed by atoms with E-state index in [4.69, 9.17) is 4.74 Å². The highest BCUT2D eigenvalue weighted by molar-refractivity contribution is 7.25. The van der Waals surface area contributed by atoms with Crippen LogP contribution in [0.2, 0.25) is 0 Å². The molecule has 0 radical (unpaired) electrons. The van der Waals surface area contributed by atoms with E-state index in [1.54, 1.807) is 0 Å². The van der Waals surface area contributed by atoms with Crippen molar-refractivity contribution in [1.82, 2.24) is 0 Å². The van der Waals surface area contributed by atoms with Gasteiger partial charge in [-0.1, -0.05) is 152 Å². The van der Waals surface area contributed by atoms with Crippen LogP contribution in [0.4, 0.5) is 0 Å². The Morgan fingerprint density at radius 1 is 0.345 bits per heavy atom. The molecule has 10 aromatic rings. The van der Waals surface area contributed by atoms with Gasteiger partial charge in [0, 0.05) is 31.1 Å². The molecule has 12 rings (SSSR count). The summed E-state index contributed by atoms with van der Waals surface area (Å²) in [7, 11) is 0. The fourth-order valence-corrected chi connectivity index (χ4v) is 10.7. The third-order valence-corrected chi connectivity index (χ3v) is 13.1. The van der Waals surface area contributed by atoms with E-state index in [0.29, 0.717) is 0 Å². The van der Waals surface area contributed by atoms with Crippen molar-refractivity contribution in [1.29, 1.82) is 0 Å². The molecule has 9 aromatic carbocycles. The summed E-state index contributed by atoms with van der Waals surface area (Å²) in [6.07, 6.45) is 0. The quantitative estimate of drug-likeness (QED) is 0.176. The molecule has 2 heterocycles. The summed E-state index contributed by atoms with van der Waals surface area (Å²) in [4.78, 5) is 0. The van der Waals surface area contributed by atoms with Crippen LogP contribution in [0.3, 0.4) is 0 Å². The number of hydrogen-bond donors (Lipinski definition) is 0. The number of rotatable bonds is 4. The Balaban J connectivity index is 1.04. The van der Waals surface area contributed by atoms with Gasteiger partial charge in [0.1, 0.15) is 11.5 Å². The molecule has 2 aliphatic rings. The molecule has 0 N–H and O–H groups in total. The summed E-state index contributed by atoms with van der Waals surface area (Å²) < 4.78 is 9.36. The van der Waals surface area contributed by atoms with Crippen molar-refractivity contribution in [2.24, 2.45) is 0 Å². The van der Waals surface area contributed by atoms with Gasteiger partial charge in [0.05, 0.1) is 5.41 Å². The number of benzene rings is 9. The van der Waals surface area contributed by atoms with Gasteiger partial charge >= 0.3 is 0 Å². The molecule has 1 nitrogen and oxygen atoms in total.